The summed E-state index contributed by atoms with van der Waals surface area (Å²) in [4.78, 5) is 12.5. The summed E-state index contributed by atoms with van der Waals surface area (Å²) in [5.74, 6) is -0.592. The minimum atomic E-state index is -0.592. The molecule has 0 radical (unpaired) electrons. The van der Waals surface area contributed by atoms with Gasteiger partial charge in [-0.2, -0.15) is 0 Å². The van der Waals surface area contributed by atoms with Crippen molar-refractivity contribution in [3.63, 3.8) is 0 Å². The molecular weight excluding hydrogens is 136 g/mol. The molecule has 0 saturated carbocycles. The molecule has 1 aromatic heterocycles. The van der Waals surface area contributed by atoms with Crippen LogP contribution in [-0.2, 0) is 0 Å². The van der Waals surface area contributed by atoms with E-state index in [0.29, 0.717) is 6.61 Å². The first-order valence-corrected chi connectivity index (χ1v) is 3.01. The lowest BCUT2D eigenvalue weighted by Crippen LogP contribution is -1.99. The second-order valence-corrected chi connectivity index (χ2v) is 1.75. The molecule has 0 aromatic carbocycles. The molecule has 0 aliphatic heterocycles. The second kappa shape index (κ2) is 3.05. The van der Waals surface area contributed by atoms with Crippen LogP contribution < -0.4 is 10.5 Å². The van der Waals surface area contributed by atoms with Crippen LogP contribution in [0.15, 0.2) is 9.32 Å². The zero-order chi connectivity index (χ0) is 7.40. The van der Waals surface area contributed by atoms with E-state index < -0.39 is 5.76 Å². The van der Waals surface area contributed by atoms with E-state index >= 15 is 0 Å². The van der Waals surface area contributed by atoms with Gasteiger partial charge >= 0.3 is 11.8 Å². The molecule has 1 aromatic rings. The van der Waals surface area contributed by atoms with E-state index in [2.05, 4.69) is 14.7 Å². The van der Waals surface area contributed by atoms with E-state index in [1.807, 2.05) is 6.92 Å². The Balaban J connectivity index is 2.50. The van der Waals surface area contributed by atoms with Gasteiger partial charge in [0.1, 0.15) is 0 Å². The first kappa shape index (κ1) is 6.85. The van der Waals surface area contributed by atoms with Crippen molar-refractivity contribution >= 4 is 0 Å². The third kappa shape index (κ3) is 1.61. The fourth-order valence-electron chi connectivity index (χ4n) is 0.477. The third-order valence-corrected chi connectivity index (χ3v) is 0.863. The van der Waals surface area contributed by atoms with Crippen molar-refractivity contribution in [2.45, 2.75) is 13.3 Å². The average molecular weight is 144 g/mol. The topological polar surface area (TPSA) is 68.1 Å². The van der Waals surface area contributed by atoms with Crippen molar-refractivity contribution in [1.82, 2.24) is 10.1 Å². The summed E-state index contributed by atoms with van der Waals surface area (Å²) in [5, 5.41) is 3.29. The summed E-state index contributed by atoms with van der Waals surface area (Å²) < 4.78 is 9.09. The van der Waals surface area contributed by atoms with Crippen molar-refractivity contribution in [3.8, 4) is 6.01 Å². The Bertz CT molecular complexity index is 239. The minimum absolute atomic E-state index is 0.145. The fraction of sp³-hybridized carbons (Fsp3) is 0.600. The number of aromatic amines is 1. The predicted octanol–water partition coefficient (Wildman–Crippen LogP) is 0.152. The quantitative estimate of drug-likeness (QED) is 0.655. The second-order valence-electron chi connectivity index (χ2n) is 1.75. The maximum absolute atomic E-state index is 10.3. The van der Waals surface area contributed by atoms with Crippen LogP contribution in [-0.4, -0.2) is 16.7 Å². The molecule has 0 bridgehead atoms. The van der Waals surface area contributed by atoms with Gasteiger partial charge in [-0.1, -0.05) is 6.92 Å². The van der Waals surface area contributed by atoms with Crippen molar-refractivity contribution < 1.29 is 9.26 Å². The van der Waals surface area contributed by atoms with Crippen LogP contribution in [0.1, 0.15) is 13.3 Å². The minimum Gasteiger partial charge on any atom is -0.463 e. The smallest absolute Gasteiger partial charge is 0.441 e. The van der Waals surface area contributed by atoms with E-state index in [0.717, 1.165) is 6.42 Å². The van der Waals surface area contributed by atoms with Gasteiger partial charge in [-0.05, 0) is 11.6 Å². The lowest BCUT2D eigenvalue weighted by atomic mass is 10.5. The van der Waals surface area contributed by atoms with Gasteiger partial charge in [-0.3, -0.25) is 4.52 Å². The van der Waals surface area contributed by atoms with Gasteiger partial charge in [-0.15, -0.1) is 0 Å². The highest BCUT2D eigenvalue weighted by Gasteiger charge is 1.97. The van der Waals surface area contributed by atoms with Crippen molar-refractivity contribution in [1.29, 1.82) is 0 Å². The van der Waals surface area contributed by atoms with Gasteiger partial charge in [-0.25, -0.2) is 9.78 Å². The molecule has 56 valence electrons. The predicted molar refractivity (Wildman–Crippen MR) is 32.9 cm³/mol. The highest BCUT2D eigenvalue weighted by atomic mass is 16.6. The monoisotopic (exact) mass is 144 g/mol. The molecule has 0 aliphatic rings. The van der Waals surface area contributed by atoms with Crippen LogP contribution in [0.2, 0.25) is 0 Å². The van der Waals surface area contributed by atoms with Gasteiger partial charge in [0.15, 0.2) is 0 Å². The summed E-state index contributed by atoms with van der Waals surface area (Å²) in [6.07, 6.45) is 0.870. The van der Waals surface area contributed by atoms with Crippen LogP contribution in [0.4, 0.5) is 0 Å². The zero-order valence-electron chi connectivity index (χ0n) is 5.59. The maximum Gasteiger partial charge on any atom is 0.441 e. The number of H-pyrrole nitrogens is 1. The van der Waals surface area contributed by atoms with Gasteiger partial charge in [0, 0.05) is 0 Å². The normalized spacial score (nSPS) is 9.70. The summed E-state index contributed by atoms with van der Waals surface area (Å²) in [6, 6.07) is 0.145. The molecular formula is C5H8N2O3. The van der Waals surface area contributed by atoms with Gasteiger partial charge in [0.2, 0.25) is 0 Å². The van der Waals surface area contributed by atoms with Crippen molar-refractivity contribution in [2.75, 3.05) is 6.61 Å². The lowest BCUT2D eigenvalue weighted by molar-refractivity contribution is 0.271. The Kier molecular flexibility index (Phi) is 2.09. The summed E-state index contributed by atoms with van der Waals surface area (Å²) >= 11 is 0. The Morgan fingerprint density at radius 2 is 2.60 bits per heavy atom. The average Bonchev–Trinajstić information content (AvgIpc) is 2.31. The van der Waals surface area contributed by atoms with Crippen LogP contribution in [0.5, 0.6) is 6.01 Å². The Morgan fingerprint density at radius 3 is 3.10 bits per heavy atom. The van der Waals surface area contributed by atoms with E-state index in [1.165, 1.54) is 0 Å². The van der Waals surface area contributed by atoms with E-state index in [4.69, 9.17) is 4.74 Å². The van der Waals surface area contributed by atoms with Gasteiger partial charge in [0.05, 0.1) is 6.61 Å². The molecule has 0 amide bonds. The molecule has 5 nitrogen and oxygen atoms in total. The molecule has 1 N–H and O–H groups in total. The highest BCUT2D eigenvalue weighted by molar-refractivity contribution is 4.82. The molecule has 0 spiro atoms. The highest BCUT2D eigenvalue weighted by Crippen LogP contribution is 1.94. The summed E-state index contributed by atoms with van der Waals surface area (Å²) in [6.45, 7) is 2.49. The zero-order valence-corrected chi connectivity index (χ0v) is 5.59. The van der Waals surface area contributed by atoms with Crippen LogP contribution in [0, 0.1) is 0 Å². The molecule has 0 aliphatic carbocycles. The number of aromatic nitrogens is 2. The SMILES string of the molecule is CCCOc1noc(=O)[nH]1. The van der Waals surface area contributed by atoms with Crippen LogP contribution >= 0.6 is 0 Å². The Labute approximate surface area is 57.0 Å². The third-order valence-electron chi connectivity index (χ3n) is 0.863. The maximum atomic E-state index is 10.3. The number of nitrogens with one attached hydrogen (secondary N) is 1. The van der Waals surface area contributed by atoms with E-state index in [1.54, 1.807) is 0 Å². The molecule has 1 heterocycles. The molecule has 5 heteroatoms. The van der Waals surface area contributed by atoms with Gasteiger partial charge in [0.25, 0.3) is 0 Å². The molecule has 0 fully saturated rings. The fourth-order valence-corrected chi connectivity index (χ4v) is 0.477. The van der Waals surface area contributed by atoms with Crippen LogP contribution in [0.3, 0.4) is 0 Å². The molecule has 10 heavy (non-hydrogen) atoms. The first-order valence-electron chi connectivity index (χ1n) is 3.01. The molecule has 1 rings (SSSR count). The van der Waals surface area contributed by atoms with E-state index in [-0.39, 0.29) is 6.01 Å². The molecule has 0 saturated heterocycles. The van der Waals surface area contributed by atoms with E-state index in [9.17, 15) is 4.79 Å². The summed E-state index contributed by atoms with van der Waals surface area (Å²) in [5.41, 5.74) is 0. The first-order chi connectivity index (χ1) is 4.83. The summed E-state index contributed by atoms with van der Waals surface area (Å²) in [7, 11) is 0. The standard InChI is InChI=1S/C5H8N2O3/c1-2-3-9-4-6-5(8)10-7-4/h2-3H2,1H3,(H,6,7,8). The Morgan fingerprint density at radius 1 is 1.80 bits per heavy atom. The number of nitrogens with zero attached hydrogens (tertiary/aromatic N) is 1. The van der Waals surface area contributed by atoms with Gasteiger partial charge < -0.3 is 4.74 Å². The Hall–Kier alpha value is -1.26. The molecule has 0 atom stereocenters. The lowest BCUT2D eigenvalue weighted by Gasteiger charge is -1.94. The number of hydrogen-bond donors (Lipinski definition) is 1. The van der Waals surface area contributed by atoms with Crippen LogP contribution in [0.25, 0.3) is 0 Å². The number of ether oxygens (including phenoxy) is 1. The van der Waals surface area contributed by atoms with Crippen molar-refractivity contribution in [2.24, 2.45) is 0 Å². The largest absolute Gasteiger partial charge is 0.463 e. The van der Waals surface area contributed by atoms with Crippen molar-refractivity contribution in [3.05, 3.63) is 10.6 Å². The number of hydrogen-bond acceptors (Lipinski definition) is 4. The molecule has 0 unspecified atom stereocenters. The number of rotatable bonds is 3.